The van der Waals surface area contributed by atoms with Gasteiger partial charge in [0.05, 0.1) is 0 Å². The van der Waals surface area contributed by atoms with Crippen LogP contribution in [0.4, 0.5) is 0 Å². The van der Waals surface area contributed by atoms with Gasteiger partial charge >= 0.3 is 0 Å². The van der Waals surface area contributed by atoms with E-state index in [4.69, 9.17) is 5.73 Å². The van der Waals surface area contributed by atoms with Crippen molar-refractivity contribution < 1.29 is 5.11 Å². The maximum absolute atomic E-state index is 9.46. The molecule has 66 valence electrons. The molecule has 12 heavy (non-hydrogen) atoms. The minimum atomic E-state index is 0.309. The van der Waals surface area contributed by atoms with Crippen LogP contribution in [0.2, 0.25) is 0 Å². The lowest BCUT2D eigenvalue weighted by Gasteiger charge is -2.07. The molecule has 0 amide bonds. The number of phenols is 1. The number of rotatable bonds is 2. The summed E-state index contributed by atoms with van der Waals surface area (Å²) in [6.45, 7) is 4.58. The minimum Gasteiger partial charge on any atom is -0.508 e. The normalized spacial score (nSPS) is 10.7. The molecule has 0 aliphatic heterocycles. The van der Waals surface area contributed by atoms with E-state index in [1.165, 1.54) is 0 Å². The van der Waals surface area contributed by atoms with Crippen LogP contribution < -0.4 is 5.73 Å². The Morgan fingerprint density at radius 1 is 1.42 bits per heavy atom. The molecule has 0 spiro atoms. The summed E-state index contributed by atoms with van der Waals surface area (Å²) < 4.78 is 0. The molecule has 0 unspecified atom stereocenters. The van der Waals surface area contributed by atoms with Gasteiger partial charge in [-0.05, 0) is 17.5 Å². The molecule has 0 fully saturated rings. The molecular weight excluding hydrogens is 150 g/mol. The van der Waals surface area contributed by atoms with Gasteiger partial charge in [0.25, 0.3) is 0 Å². The standard InChI is InChI=1S/C10H15NO/c1-7(2)8-3-4-9(6-11)10(12)5-8/h3-5,7,12H,6,11H2,1-2H3. The van der Waals surface area contributed by atoms with Crippen molar-refractivity contribution in [1.29, 1.82) is 0 Å². The highest BCUT2D eigenvalue weighted by Crippen LogP contribution is 2.22. The van der Waals surface area contributed by atoms with Crippen molar-refractivity contribution in [2.24, 2.45) is 5.73 Å². The Balaban J connectivity index is 3.02. The van der Waals surface area contributed by atoms with Gasteiger partial charge in [0.15, 0.2) is 0 Å². The first-order valence-corrected chi connectivity index (χ1v) is 4.17. The molecular formula is C10H15NO. The molecule has 0 saturated carbocycles. The molecule has 0 saturated heterocycles. The predicted molar refractivity (Wildman–Crippen MR) is 50.1 cm³/mol. The Kier molecular flexibility index (Phi) is 2.71. The van der Waals surface area contributed by atoms with Crippen molar-refractivity contribution in [3.05, 3.63) is 29.3 Å². The van der Waals surface area contributed by atoms with E-state index < -0.39 is 0 Å². The molecule has 1 rings (SSSR count). The first kappa shape index (κ1) is 9.07. The van der Waals surface area contributed by atoms with Crippen LogP contribution >= 0.6 is 0 Å². The number of phenolic OH excluding ortho intramolecular Hbond substituents is 1. The van der Waals surface area contributed by atoms with Crippen molar-refractivity contribution in [2.45, 2.75) is 26.3 Å². The summed E-state index contributed by atoms with van der Waals surface area (Å²) in [4.78, 5) is 0. The van der Waals surface area contributed by atoms with Crippen molar-refractivity contribution in [2.75, 3.05) is 0 Å². The van der Waals surface area contributed by atoms with Crippen LogP contribution in [-0.2, 0) is 6.54 Å². The van der Waals surface area contributed by atoms with E-state index >= 15 is 0 Å². The van der Waals surface area contributed by atoms with E-state index in [-0.39, 0.29) is 0 Å². The summed E-state index contributed by atoms with van der Waals surface area (Å²) >= 11 is 0. The molecule has 0 heterocycles. The Morgan fingerprint density at radius 3 is 2.50 bits per heavy atom. The summed E-state index contributed by atoms with van der Waals surface area (Å²) in [6, 6.07) is 5.67. The second-order valence-corrected chi connectivity index (χ2v) is 3.25. The Hall–Kier alpha value is -1.02. The van der Waals surface area contributed by atoms with Crippen molar-refractivity contribution in [3.8, 4) is 5.75 Å². The van der Waals surface area contributed by atoms with E-state index in [0.717, 1.165) is 11.1 Å². The Labute approximate surface area is 73.0 Å². The third-order valence-electron chi connectivity index (χ3n) is 2.00. The van der Waals surface area contributed by atoms with Gasteiger partial charge in [-0.3, -0.25) is 0 Å². The second-order valence-electron chi connectivity index (χ2n) is 3.25. The third kappa shape index (κ3) is 1.77. The van der Waals surface area contributed by atoms with E-state index in [9.17, 15) is 5.11 Å². The number of hydrogen-bond acceptors (Lipinski definition) is 2. The smallest absolute Gasteiger partial charge is 0.120 e. The van der Waals surface area contributed by atoms with Crippen molar-refractivity contribution in [1.82, 2.24) is 0 Å². The first-order chi connectivity index (χ1) is 5.65. The zero-order valence-electron chi connectivity index (χ0n) is 7.54. The Bertz CT molecular complexity index is 269. The van der Waals surface area contributed by atoms with Gasteiger partial charge in [0, 0.05) is 12.1 Å². The van der Waals surface area contributed by atoms with Gasteiger partial charge in [-0.15, -0.1) is 0 Å². The average Bonchev–Trinajstić information content (AvgIpc) is 2.04. The van der Waals surface area contributed by atoms with Crippen LogP contribution in [0, 0.1) is 0 Å². The van der Waals surface area contributed by atoms with Crippen LogP contribution in [-0.4, -0.2) is 5.11 Å². The fourth-order valence-electron chi connectivity index (χ4n) is 1.11. The largest absolute Gasteiger partial charge is 0.508 e. The topological polar surface area (TPSA) is 46.2 Å². The van der Waals surface area contributed by atoms with Crippen LogP contribution in [0.3, 0.4) is 0 Å². The van der Waals surface area contributed by atoms with Crippen molar-refractivity contribution in [3.63, 3.8) is 0 Å². The van der Waals surface area contributed by atoms with Gasteiger partial charge in [0.2, 0.25) is 0 Å². The number of aromatic hydroxyl groups is 1. The molecule has 0 aliphatic rings. The van der Waals surface area contributed by atoms with Gasteiger partial charge in [-0.1, -0.05) is 26.0 Å². The lowest BCUT2D eigenvalue weighted by molar-refractivity contribution is 0.467. The molecule has 0 radical (unpaired) electrons. The lowest BCUT2D eigenvalue weighted by Crippen LogP contribution is -1.97. The SMILES string of the molecule is CC(C)c1ccc(CN)c(O)c1. The second kappa shape index (κ2) is 3.59. The molecule has 1 aromatic rings. The van der Waals surface area contributed by atoms with E-state index in [0.29, 0.717) is 18.2 Å². The lowest BCUT2D eigenvalue weighted by atomic mass is 10.0. The molecule has 0 atom stereocenters. The molecule has 2 nitrogen and oxygen atoms in total. The number of hydrogen-bond donors (Lipinski definition) is 2. The molecule has 0 aliphatic carbocycles. The summed E-state index contributed by atoms with van der Waals surface area (Å²) in [6.07, 6.45) is 0. The summed E-state index contributed by atoms with van der Waals surface area (Å²) in [5.74, 6) is 0.756. The van der Waals surface area contributed by atoms with Crippen molar-refractivity contribution >= 4 is 0 Å². The third-order valence-corrected chi connectivity index (χ3v) is 2.00. The molecule has 0 aromatic heterocycles. The first-order valence-electron chi connectivity index (χ1n) is 4.17. The highest BCUT2D eigenvalue weighted by atomic mass is 16.3. The van der Waals surface area contributed by atoms with E-state index in [1.807, 2.05) is 12.1 Å². The van der Waals surface area contributed by atoms with E-state index in [2.05, 4.69) is 13.8 Å². The van der Waals surface area contributed by atoms with Crippen LogP contribution in [0.5, 0.6) is 5.75 Å². The fourth-order valence-corrected chi connectivity index (χ4v) is 1.11. The van der Waals surface area contributed by atoms with Crippen LogP contribution in [0.15, 0.2) is 18.2 Å². The maximum atomic E-state index is 9.46. The highest BCUT2D eigenvalue weighted by Gasteiger charge is 2.03. The molecule has 1 aromatic carbocycles. The zero-order valence-corrected chi connectivity index (χ0v) is 7.54. The highest BCUT2D eigenvalue weighted by molar-refractivity contribution is 5.37. The zero-order chi connectivity index (χ0) is 9.14. The fraction of sp³-hybridized carbons (Fsp3) is 0.400. The predicted octanol–water partition coefficient (Wildman–Crippen LogP) is 1.97. The minimum absolute atomic E-state index is 0.309. The van der Waals surface area contributed by atoms with Gasteiger partial charge in [0.1, 0.15) is 5.75 Å². The molecule has 3 N–H and O–H groups in total. The van der Waals surface area contributed by atoms with Gasteiger partial charge < -0.3 is 10.8 Å². The number of benzene rings is 1. The van der Waals surface area contributed by atoms with Gasteiger partial charge in [-0.2, -0.15) is 0 Å². The average molecular weight is 165 g/mol. The summed E-state index contributed by atoms with van der Waals surface area (Å²) in [5.41, 5.74) is 7.37. The number of nitrogens with two attached hydrogens (primary N) is 1. The molecule has 0 bridgehead atoms. The van der Waals surface area contributed by atoms with Crippen LogP contribution in [0.25, 0.3) is 0 Å². The summed E-state index contributed by atoms with van der Waals surface area (Å²) in [5, 5.41) is 9.46. The van der Waals surface area contributed by atoms with Crippen LogP contribution in [0.1, 0.15) is 30.9 Å². The summed E-state index contributed by atoms with van der Waals surface area (Å²) in [7, 11) is 0. The van der Waals surface area contributed by atoms with E-state index in [1.54, 1.807) is 6.07 Å². The monoisotopic (exact) mass is 165 g/mol. The molecule has 2 heteroatoms. The maximum Gasteiger partial charge on any atom is 0.120 e. The van der Waals surface area contributed by atoms with Gasteiger partial charge in [-0.25, -0.2) is 0 Å². The Morgan fingerprint density at radius 2 is 2.08 bits per heavy atom. The quantitative estimate of drug-likeness (QED) is 0.703.